The van der Waals surface area contributed by atoms with Crippen molar-refractivity contribution in [3.05, 3.63) is 11.4 Å². The van der Waals surface area contributed by atoms with Gasteiger partial charge in [-0.15, -0.1) is 0 Å². The third-order valence-electron chi connectivity index (χ3n) is 4.15. The highest BCUT2D eigenvalue weighted by atomic mass is 16.6. The molecule has 1 saturated heterocycles. The summed E-state index contributed by atoms with van der Waals surface area (Å²) in [5.74, 6) is 0. The maximum atomic E-state index is 12.3. The second kappa shape index (κ2) is 6.81. The zero-order chi connectivity index (χ0) is 17.2. The summed E-state index contributed by atoms with van der Waals surface area (Å²) < 4.78 is 5.53. The highest BCUT2D eigenvalue weighted by Crippen LogP contribution is 2.26. The predicted molar refractivity (Wildman–Crippen MR) is 91.7 cm³/mol. The number of rotatable bonds is 4. The molecular weight excluding hydrogens is 292 g/mol. The Bertz CT molecular complexity index is 528. The van der Waals surface area contributed by atoms with Crippen molar-refractivity contribution < 1.29 is 9.53 Å². The van der Waals surface area contributed by atoms with Crippen molar-refractivity contribution in [2.45, 2.75) is 78.5 Å². The van der Waals surface area contributed by atoms with Crippen molar-refractivity contribution >= 4 is 11.8 Å². The molecule has 0 saturated carbocycles. The van der Waals surface area contributed by atoms with Crippen LogP contribution < -0.4 is 5.32 Å². The predicted octanol–water partition coefficient (Wildman–Crippen LogP) is 3.62. The lowest BCUT2D eigenvalue weighted by molar-refractivity contribution is 0.0218. The number of aromatic nitrogens is 2. The van der Waals surface area contributed by atoms with Gasteiger partial charge >= 0.3 is 6.09 Å². The van der Waals surface area contributed by atoms with E-state index in [4.69, 9.17) is 4.74 Å². The fourth-order valence-electron chi connectivity index (χ4n) is 3.12. The smallest absolute Gasteiger partial charge is 0.410 e. The number of likely N-dealkylation sites (tertiary alicyclic amines) is 1. The maximum absolute atomic E-state index is 12.3. The third kappa shape index (κ3) is 4.62. The molecule has 0 aliphatic carbocycles. The molecule has 2 atom stereocenters. The van der Waals surface area contributed by atoms with Crippen molar-refractivity contribution in [3.63, 3.8) is 0 Å². The van der Waals surface area contributed by atoms with E-state index in [1.807, 2.05) is 39.5 Å². The first-order valence-electron chi connectivity index (χ1n) is 8.45. The summed E-state index contributed by atoms with van der Waals surface area (Å²) in [5.41, 5.74) is 2.65. The summed E-state index contributed by atoms with van der Waals surface area (Å²) in [4.78, 5) is 14.2. The Hall–Kier alpha value is -1.72. The first kappa shape index (κ1) is 17.6. The Balaban J connectivity index is 1.94. The van der Waals surface area contributed by atoms with Gasteiger partial charge in [0.2, 0.25) is 0 Å². The molecule has 1 fully saturated rings. The van der Waals surface area contributed by atoms with Gasteiger partial charge in [-0.3, -0.25) is 5.10 Å². The fourth-order valence-corrected chi connectivity index (χ4v) is 3.12. The van der Waals surface area contributed by atoms with Crippen LogP contribution in [0.3, 0.4) is 0 Å². The minimum absolute atomic E-state index is 0.192. The quantitative estimate of drug-likeness (QED) is 0.888. The van der Waals surface area contributed by atoms with Crippen LogP contribution in [0.15, 0.2) is 0 Å². The van der Waals surface area contributed by atoms with Crippen LogP contribution in [0.5, 0.6) is 0 Å². The number of aromatic amines is 1. The molecule has 2 rings (SSSR count). The molecule has 2 unspecified atom stereocenters. The van der Waals surface area contributed by atoms with E-state index in [2.05, 4.69) is 22.4 Å². The molecular formula is C17H30N4O2. The Morgan fingerprint density at radius 1 is 1.48 bits per heavy atom. The minimum Gasteiger partial charge on any atom is -0.444 e. The van der Waals surface area contributed by atoms with Crippen LogP contribution in [-0.4, -0.2) is 45.4 Å². The van der Waals surface area contributed by atoms with Crippen LogP contribution in [0.2, 0.25) is 0 Å². The van der Waals surface area contributed by atoms with Crippen LogP contribution in [-0.2, 0) is 4.74 Å². The average molecular weight is 322 g/mol. The SMILES string of the molecule is Cc1n[nH]c(C)c1NC(C)CC1CCCN1C(=O)OC(C)(C)C. The lowest BCUT2D eigenvalue weighted by atomic mass is 10.1. The van der Waals surface area contributed by atoms with Crippen LogP contribution in [0.4, 0.5) is 10.5 Å². The van der Waals surface area contributed by atoms with Gasteiger partial charge in [-0.1, -0.05) is 0 Å². The molecule has 2 N–H and O–H groups in total. The standard InChI is InChI=1S/C17H30N4O2/c1-11(18-15-12(2)19-20-13(15)3)10-14-8-7-9-21(14)16(22)23-17(4,5)6/h11,14,18H,7-10H2,1-6H3,(H,19,20). The number of hydrogen-bond donors (Lipinski definition) is 2. The molecule has 6 heteroatoms. The van der Waals surface area contributed by atoms with E-state index in [0.717, 1.165) is 42.9 Å². The van der Waals surface area contributed by atoms with Crippen molar-refractivity contribution in [3.8, 4) is 0 Å². The van der Waals surface area contributed by atoms with E-state index in [1.165, 1.54) is 0 Å². The number of amides is 1. The second-order valence-corrected chi connectivity index (χ2v) is 7.56. The van der Waals surface area contributed by atoms with E-state index in [0.29, 0.717) is 0 Å². The Kier molecular flexibility index (Phi) is 5.22. The number of carbonyl (C=O) groups is 1. The number of hydrogen-bond acceptors (Lipinski definition) is 4. The molecule has 0 bridgehead atoms. The number of carbonyl (C=O) groups excluding carboxylic acids is 1. The fraction of sp³-hybridized carbons (Fsp3) is 0.765. The number of H-pyrrole nitrogens is 1. The molecule has 1 aliphatic rings. The van der Waals surface area contributed by atoms with Crippen molar-refractivity contribution in [2.24, 2.45) is 0 Å². The molecule has 0 radical (unpaired) electrons. The highest BCUT2D eigenvalue weighted by molar-refractivity contribution is 5.69. The van der Waals surface area contributed by atoms with E-state index >= 15 is 0 Å². The summed E-state index contributed by atoms with van der Waals surface area (Å²) in [6, 6.07) is 0.498. The third-order valence-corrected chi connectivity index (χ3v) is 4.15. The van der Waals surface area contributed by atoms with Crippen LogP contribution in [0, 0.1) is 13.8 Å². The monoisotopic (exact) mass is 322 g/mol. The van der Waals surface area contributed by atoms with E-state index in [1.54, 1.807) is 0 Å². The maximum Gasteiger partial charge on any atom is 0.410 e. The molecule has 130 valence electrons. The summed E-state index contributed by atoms with van der Waals surface area (Å²) in [5, 5.41) is 10.7. The van der Waals surface area contributed by atoms with Crippen LogP contribution in [0.1, 0.15) is 58.3 Å². The molecule has 2 heterocycles. The van der Waals surface area contributed by atoms with Crippen molar-refractivity contribution in [1.29, 1.82) is 0 Å². The van der Waals surface area contributed by atoms with Crippen LogP contribution in [0.25, 0.3) is 0 Å². The number of nitrogens with zero attached hydrogens (tertiary/aromatic N) is 2. The van der Waals surface area contributed by atoms with Gasteiger partial charge in [0.25, 0.3) is 0 Å². The topological polar surface area (TPSA) is 70.2 Å². The average Bonchev–Trinajstić information content (AvgIpc) is 2.98. The minimum atomic E-state index is -0.445. The van der Waals surface area contributed by atoms with Gasteiger partial charge in [-0.2, -0.15) is 5.10 Å². The Morgan fingerprint density at radius 2 is 2.17 bits per heavy atom. The lowest BCUT2D eigenvalue weighted by Crippen LogP contribution is -2.41. The summed E-state index contributed by atoms with van der Waals surface area (Å²) >= 11 is 0. The van der Waals surface area contributed by atoms with Gasteiger partial charge in [-0.25, -0.2) is 4.79 Å². The van der Waals surface area contributed by atoms with Gasteiger partial charge < -0.3 is 15.0 Å². The number of aryl methyl sites for hydroxylation is 2. The van der Waals surface area contributed by atoms with E-state index in [-0.39, 0.29) is 18.2 Å². The van der Waals surface area contributed by atoms with Crippen molar-refractivity contribution in [1.82, 2.24) is 15.1 Å². The summed E-state index contributed by atoms with van der Waals surface area (Å²) in [7, 11) is 0. The molecule has 6 nitrogen and oxygen atoms in total. The normalized spacial score (nSPS) is 19.7. The zero-order valence-corrected chi connectivity index (χ0v) is 15.2. The molecule has 23 heavy (non-hydrogen) atoms. The Labute approximate surface area is 139 Å². The van der Waals surface area contributed by atoms with E-state index < -0.39 is 5.60 Å². The number of anilines is 1. The van der Waals surface area contributed by atoms with Gasteiger partial charge in [-0.05, 0) is 60.8 Å². The lowest BCUT2D eigenvalue weighted by Gasteiger charge is -2.30. The van der Waals surface area contributed by atoms with Gasteiger partial charge in [0.15, 0.2) is 0 Å². The second-order valence-electron chi connectivity index (χ2n) is 7.56. The molecule has 1 aromatic heterocycles. The molecule has 0 spiro atoms. The summed E-state index contributed by atoms with van der Waals surface area (Å²) in [6.45, 7) is 12.7. The van der Waals surface area contributed by atoms with Gasteiger partial charge in [0, 0.05) is 18.6 Å². The molecule has 1 aromatic rings. The number of nitrogens with one attached hydrogen (secondary N) is 2. The van der Waals surface area contributed by atoms with E-state index in [9.17, 15) is 4.79 Å². The summed E-state index contributed by atoms with van der Waals surface area (Å²) in [6.07, 6.45) is 2.79. The van der Waals surface area contributed by atoms with Crippen molar-refractivity contribution in [2.75, 3.05) is 11.9 Å². The van der Waals surface area contributed by atoms with Gasteiger partial charge in [0.05, 0.1) is 17.1 Å². The molecule has 0 aromatic carbocycles. The largest absolute Gasteiger partial charge is 0.444 e. The number of ether oxygens (including phenoxy) is 1. The molecule has 1 amide bonds. The zero-order valence-electron chi connectivity index (χ0n) is 15.2. The van der Waals surface area contributed by atoms with Gasteiger partial charge in [0.1, 0.15) is 5.60 Å². The van der Waals surface area contributed by atoms with Crippen LogP contribution >= 0.6 is 0 Å². The Morgan fingerprint density at radius 3 is 2.74 bits per heavy atom. The first-order chi connectivity index (χ1) is 10.7. The highest BCUT2D eigenvalue weighted by Gasteiger charge is 2.33. The molecule has 1 aliphatic heterocycles. The first-order valence-corrected chi connectivity index (χ1v) is 8.45.